The molecule has 0 spiro atoms. The van der Waals surface area contributed by atoms with Crippen LogP contribution in [-0.2, 0) is 4.79 Å². The fourth-order valence-corrected chi connectivity index (χ4v) is 6.36. The second-order valence-electron chi connectivity index (χ2n) is 9.61. The number of hydrogen-bond donors (Lipinski definition) is 0. The van der Waals surface area contributed by atoms with Crippen molar-refractivity contribution < 1.29 is 4.79 Å². The highest BCUT2D eigenvalue weighted by Gasteiger charge is 2.52. The van der Waals surface area contributed by atoms with E-state index in [2.05, 4.69) is 25.7 Å². The van der Waals surface area contributed by atoms with Crippen molar-refractivity contribution in [2.45, 2.75) is 90.6 Å². The normalized spacial score (nSPS) is 41.0. The summed E-state index contributed by atoms with van der Waals surface area (Å²) in [6.07, 6.45) is 11.8. The molecule has 0 aliphatic heterocycles. The van der Waals surface area contributed by atoms with Gasteiger partial charge in [0.1, 0.15) is 0 Å². The molecule has 1 atom stereocenters. The molecule has 0 aromatic heterocycles. The summed E-state index contributed by atoms with van der Waals surface area (Å²) in [7, 11) is 0. The average molecular weight is 303 g/mol. The lowest BCUT2D eigenvalue weighted by Crippen LogP contribution is -2.50. The molecule has 2 nitrogen and oxygen atoms in total. The van der Waals surface area contributed by atoms with Crippen molar-refractivity contribution in [2.75, 3.05) is 0 Å². The molecule has 5 fully saturated rings. The van der Waals surface area contributed by atoms with Crippen LogP contribution in [-0.4, -0.2) is 22.9 Å². The fourth-order valence-electron chi connectivity index (χ4n) is 6.36. The molecule has 5 aliphatic carbocycles. The van der Waals surface area contributed by atoms with Crippen LogP contribution in [0.5, 0.6) is 0 Å². The monoisotopic (exact) mass is 303 g/mol. The summed E-state index contributed by atoms with van der Waals surface area (Å²) in [6.45, 7) is 6.79. The van der Waals surface area contributed by atoms with Crippen LogP contribution >= 0.6 is 0 Å². The lowest BCUT2D eigenvalue weighted by molar-refractivity contribution is -0.143. The third-order valence-electron chi connectivity index (χ3n) is 7.32. The fraction of sp³-hybridized carbons (Fsp3) is 0.950. The molecule has 0 radical (unpaired) electrons. The summed E-state index contributed by atoms with van der Waals surface area (Å²) >= 11 is 0. The molecular weight excluding hydrogens is 270 g/mol. The van der Waals surface area contributed by atoms with Crippen LogP contribution in [0.2, 0.25) is 0 Å². The van der Waals surface area contributed by atoms with Gasteiger partial charge in [-0.1, -0.05) is 13.8 Å². The molecule has 124 valence electrons. The second-order valence-corrected chi connectivity index (χ2v) is 9.61. The zero-order valence-corrected chi connectivity index (χ0v) is 14.7. The maximum absolute atomic E-state index is 13.2. The lowest BCUT2D eigenvalue weighted by atomic mass is 9.49. The molecule has 2 heteroatoms. The summed E-state index contributed by atoms with van der Waals surface area (Å²) in [5, 5.41) is 0. The molecule has 5 aliphatic rings. The summed E-state index contributed by atoms with van der Waals surface area (Å²) in [5.41, 5.74) is 0.398. The van der Waals surface area contributed by atoms with Crippen molar-refractivity contribution in [1.82, 2.24) is 4.90 Å². The van der Waals surface area contributed by atoms with Gasteiger partial charge in [0.05, 0.1) is 0 Å². The van der Waals surface area contributed by atoms with E-state index in [1.54, 1.807) is 0 Å². The first-order valence-electron chi connectivity index (χ1n) is 9.77. The van der Waals surface area contributed by atoms with Crippen LogP contribution in [0.4, 0.5) is 0 Å². The zero-order chi connectivity index (χ0) is 15.5. The Bertz CT molecular complexity index is 415. The van der Waals surface area contributed by atoms with Crippen molar-refractivity contribution >= 4 is 5.91 Å². The van der Waals surface area contributed by atoms with Crippen molar-refractivity contribution in [3.05, 3.63) is 0 Å². The summed E-state index contributed by atoms with van der Waals surface area (Å²) in [6, 6.07) is 0.979. The quantitative estimate of drug-likeness (QED) is 0.725. The Hall–Kier alpha value is -0.530. The Morgan fingerprint density at radius 3 is 1.91 bits per heavy atom. The molecule has 0 heterocycles. The largest absolute Gasteiger partial charge is 0.337 e. The maximum Gasteiger partial charge on any atom is 0.223 e. The summed E-state index contributed by atoms with van der Waals surface area (Å²) < 4.78 is 0. The van der Waals surface area contributed by atoms with Crippen LogP contribution in [0, 0.1) is 29.1 Å². The number of hydrogen-bond acceptors (Lipinski definition) is 1. The number of nitrogens with zero attached hydrogens (tertiary/aromatic N) is 1. The Balaban J connectivity index is 1.49. The predicted molar refractivity (Wildman–Crippen MR) is 89.4 cm³/mol. The lowest BCUT2D eigenvalue weighted by Gasteiger charge is -2.57. The van der Waals surface area contributed by atoms with E-state index in [0.29, 0.717) is 29.3 Å². The van der Waals surface area contributed by atoms with Gasteiger partial charge in [0.15, 0.2) is 0 Å². The molecule has 5 rings (SSSR count). The van der Waals surface area contributed by atoms with Crippen molar-refractivity contribution in [1.29, 1.82) is 0 Å². The first-order valence-corrected chi connectivity index (χ1v) is 9.77. The standard InChI is InChI=1S/C20H33NO/c1-13(2)14(3)21(18-4-5-18)19(22)12-20-9-15-6-16(10-20)8-17(7-15)11-20/h13-18H,4-12H2,1-3H3. The van der Waals surface area contributed by atoms with Gasteiger partial charge in [-0.2, -0.15) is 0 Å². The van der Waals surface area contributed by atoms with E-state index >= 15 is 0 Å². The van der Waals surface area contributed by atoms with E-state index in [1.165, 1.54) is 51.4 Å². The number of carbonyl (C=O) groups is 1. The molecule has 0 N–H and O–H groups in total. The van der Waals surface area contributed by atoms with Gasteiger partial charge >= 0.3 is 0 Å². The molecule has 0 aromatic rings. The minimum atomic E-state index is 0.398. The van der Waals surface area contributed by atoms with Gasteiger partial charge in [0, 0.05) is 18.5 Å². The molecule has 1 unspecified atom stereocenters. The maximum atomic E-state index is 13.2. The van der Waals surface area contributed by atoms with Crippen molar-refractivity contribution in [3.63, 3.8) is 0 Å². The van der Waals surface area contributed by atoms with E-state index in [4.69, 9.17) is 0 Å². The van der Waals surface area contributed by atoms with E-state index in [9.17, 15) is 4.79 Å². The van der Waals surface area contributed by atoms with Crippen molar-refractivity contribution in [3.8, 4) is 0 Å². The highest BCUT2D eigenvalue weighted by atomic mass is 16.2. The van der Waals surface area contributed by atoms with Crippen LogP contribution in [0.1, 0.15) is 78.6 Å². The van der Waals surface area contributed by atoms with Crippen molar-refractivity contribution in [2.24, 2.45) is 29.1 Å². The minimum Gasteiger partial charge on any atom is -0.337 e. The van der Waals surface area contributed by atoms with E-state index in [0.717, 1.165) is 24.2 Å². The minimum absolute atomic E-state index is 0.398. The zero-order valence-electron chi connectivity index (χ0n) is 14.7. The van der Waals surface area contributed by atoms with Gasteiger partial charge in [-0.25, -0.2) is 0 Å². The van der Waals surface area contributed by atoms with Gasteiger partial charge < -0.3 is 4.90 Å². The van der Waals surface area contributed by atoms with Crippen LogP contribution in [0.3, 0.4) is 0 Å². The van der Waals surface area contributed by atoms with E-state index in [-0.39, 0.29) is 0 Å². The Morgan fingerprint density at radius 1 is 1.00 bits per heavy atom. The van der Waals surface area contributed by atoms with Gasteiger partial charge in [-0.3, -0.25) is 4.79 Å². The summed E-state index contributed by atoms with van der Waals surface area (Å²) in [4.78, 5) is 15.5. The van der Waals surface area contributed by atoms with Crippen LogP contribution in [0.15, 0.2) is 0 Å². The third-order valence-corrected chi connectivity index (χ3v) is 7.32. The number of amides is 1. The molecule has 5 saturated carbocycles. The summed E-state index contributed by atoms with van der Waals surface area (Å²) in [5.74, 6) is 3.93. The topological polar surface area (TPSA) is 20.3 Å². The average Bonchev–Trinajstić information content (AvgIpc) is 3.20. The third kappa shape index (κ3) is 2.61. The second kappa shape index (κ2) is 5.24. The predicted octanol–water partition coefficient (Wildman–Crippen LogP) is 4.63. The first kappa shape index (κ1) is 15.0. The number of rotatable bonds is 5. The van der Waals surface area contributed by atoms with Crippen LogP contribution in [0.25, 0.3) is 0 Å². The van der Waals surface area contributed by atoms with Gasteiger partial charge in [-0.05, 0) is 87.4 Å². The molecule has 22 heavy (non-hydrogen) atoms. The smallest absolute Gasteiger partial charge is 0.223 e. The Kier molecular flexibility index (Phi) is 3.58. The molecular formula is C20H33NO. The molecule has 4 bridgehead atoms. The Labute approximate surface area is 136 Å². The van der Waals surface area contributed by atoms with E-state index in [1.807, 2.05) is 0 Å². The van der Waals surface area contributed by atoms with Crippen LogP contribution < -0.4 is 0 Å². The van der Waals surface area contributed by atoms with Gasteiger partial charge in [0.2, 0.25) is 5.91 Å². The van der Waals surface area contributed by atoms with Gasteiger partial charge in [-0.15, -0.1) is 0 Å². The Morgan fingerprint density at radius 2 is 1.50 bits per heavy atom. The highest BCUT2D eigenvalue weighted by Crippen LogP contribution is 2.61. The van der Waals surface area contributed by atoms with Gasteiger partial charge in [0.25, 0.3) is 0 Å². The SMILES string of the molecule is CC(C)C(C)N(C(=O)CC12CC3CC(CC(C3)C1)C2)C1CC1. The molecule has 0 aromatic carbocycles. The molecule has 1 amide bonds. The first-order chi connectivity index (χ1) is 10.5. The highest BCUT2D eigenvalue weighted by molar-refractivity contribution is 5.78. The molecule has 0 saturated heterocycles. The number of carbonyl (C=O) groups excluding carboxylic acids is 1. The van der Waals surface area contributed by atoms with E-state index < -0.39 is 0 Å².